The molecule has 25 heavy (non-hydrogen) atoms. The zero-order valence-electron chi connectivity index (χ0n) is 13.9. The molecule has 0 spiro atoms. The SMILES string of the molecule is OCc1ccc(CCNCc2ccc(Oc3cnccn3)cc2)cc1. The molecule has 0 aliphatic carbocycles. The van der Waals surface area contributed by atoms with Gasteiger partial charge in [-0.1, -0.05) is 36.4 Å². The molecule has 2 aromatic carbocycles. The van der Waals surface area contributed by atoms with Gasteiger partial charge in [-0.05, 0) is 41.8 Å². The number of ether oxygens (including phenoxy) is 1. The second-order valence-corrected chi connectivity index (χ2v) is 5.69. The van der Waals surface area contributed by atoms with E-state index in [9.17, 15) is 0 Å². The maximum absolute atomic E-state index is 9.04. The lowest BCUT2D eigenvalue weighted by Crippen LogP contribution is -2.16. The molecule has 0 aliphatic heterocycles. The molecule has 5 heteroatoms. The number of aliphatic hydroxyl groups is 1. The molecule has 0 radical (unpaired) electrons. The van der Waals surface area contributed by atoms with Crippen LogP contribution in [0.5, 0.6) is 11.6 Å². The summed E-state index contributed by atoms with van der Waals surface area (Å²) in [4.78, 5) is 8.06. The standard InChI is InChI=1S/C20H21N3O2/c24-15-18-3-1-16(2-4-18)9-10-21-13-17-5-7-19(8-6-17)25-20-14-22-11-12-23-20/h1-8,11-12,14,21,24H,9-10,13,15H2. The zero-order chi connectivity index (χ0) is 17.3. The van der Waals surface area contributed by atoms with Gasteiger partial charge in [0, 0.05) is 18.9 Å². The minimum atomic E-state index is 0.0923. The van der Waals surface area contributed by atoms with Crippen LogP contribution in [0.15, 0.2) is 67.1 Å². The topological polar surface area (TPSA) is 67.3 Å². The smallest absolute Gasteiger partial charge is 0.237 e. The molecule has 3 aromatic rings. The van der Waals surface area contributed by atoms with Gasteiger partial charge in [-0.15, -0.1) is 0 Å². The summed E-state index contributed by atoms with van der Waals surface area (Å²) in [5.74, 6) is 1.23. The van der Waals surface area contributed by atoms with E-state index in [1.807, 2.05) is 36.4 Å². The van der Waals surface area contributed by atoms with E-state index in [4.69, 9.17) is 9.84 Å². The van der Waals surface area contributed by atoms with Gasteiger partial charge in [-0.25, -0.2) is 4.98 Å². The fraction of sp³-hybridized carbons (Fsp3) is 0.200. The third-order valence-electron chi connectivity index (χ3n) is 3.81. The zero-order valence-corrected chi connectivity index (χ0v) is 13.9. The fourth-order valence-electron chi connectivity index (χ4n) is 2.41. The predicted molar refractivity (Wildman–Crippen MR) is 96.3 cm³/mol. The Balaban J connectivity index is 1.42. The van der Waals surface area contributed by atoms with Crippen LogP contribution in [0.3, 0.4) is 0 Å². The molecule has 2 N–H and O–H groups in total. The average molecular weight is 335 g/mol. The second kappa shape index (κ2) is 8.92. The van der Waals surface area contributed by atoms with Crippen LogP contribution < -0.4 is 10.1 Å². The first-order valence-corrected chi connectivity index (χ1v) is 8.26. The van der Waals surface area contributed by atoms with Gasteiger partial charge >= 0.3 is 0 Å². The highest BCUT2D eigenvalue weighted by atomic mass is 16.5. The number of rotatable bonds is 8. The van der Waals surface area contributed by atoms with Gasteiger partial charge in [-0.3, -0.25) is 4.98 Å². The van der Waals surface area contributed by atoms with E-state index in [2.05, 4.69) is 27.4 Å². The van der Waals surface area contributed by atoms with E-state index in [0.29, 0.717) is 5.88 Å². The predicted octanol–water partition coefficient (Wildman–Crippen LogP) is 3.09. The Bertz CT molecular complexity index is 759. The third kappa shape index (κ3) is 5.38. The quantitative estimate of drug-likeness (QED) is 0.619. The highest BCUT2D eigenvalue weighted by Crippen LogP contribution is 2.18. The van der Waals surface area contributed by atoms with Gasteiger partial charge < -0.3 is 15.2 Å². The van der Waals surface area contributed by atoms with Gasteiger partial charge in [0.1, 0.15) is 5.75 Å². The number of hydrogen-bond donors (Lipinski definition) is 2. The largest absolute Gasteiger partial charge is 0.438 e. The molecule has 0 bridgehead atoms. The molecular formula is C20H21N3O2. The van der Waals surface area contributed by atoms with E-state index in [0.717, 1.165) is 30.8 Å². The molecule has 0 atom stereocenters. The van der Waals surface area contributed by atoms with Crippen molar-refractivity contribution in [1.82, 2.24) is 15.3 Å². The van der Waals surface area contributed by atoms with E-state index in [1.54, 1.807) is 18.6 Å². The summed E-state index contributed by atoms with van der Waals surface area (Å²) in [6.45, 7) is 1.80. The van der Waals surface area contributed by atoms with Crippen molar-refractivity contribution in [2.24, 2.45) is 0 Å². The van der Waals surface area contributed by atoms with Crippen LogP contribution in [0.25, 0.3) is 0 Å². The average Bonchev–Trinajstić information content (AvgIpc) is 2.68. The summed E-state index contributed by atoms with van der Waals surface area (Å²) < 4.78 is 5.62. The van der Waals surface area contributed by atoms with E-state index < -0.39 is 0 Å². The van der Waals surface area contributed by atoms with Gasteiger partial charge in [0.05, 0.1) is 12.8 Å². The van der Waals surface area contributed by atoms with Crippen LogP contribution >= 0.6 is 0 Å². The van der Waals surface area contributed by atoms with Gasteiger partial charge in [0.2, 0.25) is 5.88 Å². The van der Waals surface area contributed by atoms with Crippen molar-refractivity contribution < 1.29 is 9.84 Å². The van der Waals surface area contributed by atoms with Crippen molar-refractivity contribution in [2.75, 3.05) is 6.54 Å². The number of hydrogen-bond acceptors (Lipinski definition) is 5. The Morgan fingerprint density at radius 3 is 2.28 bits per heavy atom. The lowest BCUT2D eigenvalue weighted by atomic mass is 10.1. The molecule has 128 valence electrons. The summed E-state index contributed by atoms with van der Waals surface area (Å²) in [5, 5.41) is 12.5. The summed E-state index contributed by atoms with van der Waals surface area (Å²) in [5.41, 5.74) is 3.40. The lowest BCUT2D eigenvalue weighted by Gasteiger charge is -2.07. The van der Waals surface area contributed by atoms with E-state index in [1.165, 1.54) is 11.1 Å². The maximum atomic E-state index is 9.04. The molecule has 3 rings (SSSR count). The van der Waals surface area contributed by atoms with Crippen LogP contribution in [-0.2, 0) is 19.6 Å². The molecular weight excluding hydrogens is 314 g/mol. The van der Waals surface area contributed by atoms with Gasteiger partial charge in [0.15, 0.2) is 0 Å². The molecule has 0 unspecified atom stereocenters. The molecule has 0 amide bonds. The van der Waals surface area contributed by atoms with Gasteiger partial charge in [0.25, 0.3) is 0 Å². The number of nitrogens with one attached hydrogen (secondary N) is 1. The Hall–Kier alpha value is -2.76. The van der Waals surface area contributed by atoms with Crippen molar-refractivity contribution in [2.45, 2.75) is 19.6 Å². The Morgan fingerprint density at radius 2 is 1.60 bits per heavy atom. The molecule has 0 saturated heterocycles. The minimum absolute atomic E-state index is 0.0923. The van der Waals surface area contributed by atoms with E-state index in [-0.39, 0.29) is 6.61 Å². The normalized spacial score (nSPS) is 10.6. The number of benzene rings is 2. The Labute approximate surface area is 147 Å². The molecule has 1 heterocycles. The third-order valence-corrected chi connectivity index (χ3v) is 3.81. The van der Waals surface area contributed by atoms with Gasteiger partial charge in [-0.2, -0.15) is 0 Å². The van der Waals surface area contributed by atoms with Crippen molar-refractivity contribution in [3.63, 3.8) is 0 Å². The Kier molecular flexibility index (Phi) is 6.09. The van der Waals surface area contributed by atoms with Crippen LogP contribution in [0.2, 0.25) is 0 Å². The summed E-state index contributed by atoms with van der Waals surface area (Å²) in [7, 11) is 0. The molecule has 5 nitrogen and oxygen atoms in total. The maximum Gasteiger partial charge on any atom is 0.237 e. The van der Waals surface area contributed by atoms with Crippen molar-refractivity contribution in [1.29, 1.82) is 0 Å². The molecule has 0 fully saturated rings. The number of aromatic nitrogens is 2. The highest BCUT2D eigenvalue weighted by molar-refractivity contribution is 5.30. The highest BCUT2D eigenvalue weighted by Gasteiger charge is 1.99. The molecule has 0 aliphatic rings. The van der Waals surface area contributed by atoms with Crippen molar-refractivity contribution in [3.8, 4) is 11.6 Å². The summed E-state index contributed by atoms with van der Waals surface area (Å²) in [6, 6.07) is 16.0. The number of aliphatic hydroxyl groups excluding tert-OH is 1. The van der Waals surface area contributed by atoms with Crippen LogP contribution in [-0.4, -0.2) is 21.6 Å². The number of nitrogens with zero attached hydrogens (tertiary/aromatic N) is 2. The second-order valence-electron chi connectivity index (χ2n) is 5.69. The minimum Gasteiger partial charge on any atom is -0.438 e. The summed E-state index contributed by atoms with van der Waals surface area (Å²) in [6.07, 6.45) is 5.76. The Morgan fingerprint density at radius 1 is 0.880 bits per heavy atom. The first kappa shape index (κ1) is 17.1. The first-order chi connectivity index (χ1) is 12.3. The van der Waals surface area contributed by atoms with Crippen LogP contribution in [0, 0.1) is 0 Å². The van der Waals surface area contributed by atoms with Crippen molar-refractivity contribution in [3.05, 3.63) is 83.8 Å². The summed E-state index contributed by atoms with van der Waals surface area (Å²) >= 11 is 0. The van der Waals surface area contributed by atoms with Crippen LogP contribution in [0.4, 0.5) is 0 Å². The lowest BCUT2D eigenvalue weighted by molar-refractivity contribution is 0.282. The van der Waals surface area contributed by atoms with E-state index >= 15 is 0 Å². The van der Waals surface area contributed by atoms with Crippen LogP contribution in [0.1, 0.15) is 16.7 Å². The van der Waals surface area contributed by atoms with Crippen molar-refractivity contribution >= 4 is 0 Å². The molecule has 1 aromatic heterocycles. The first-order valence-electron chi connectivity index (χ1n) is 8.26. The molecule has 0 saturated carbocycles. The monoisotopic (exact) mass is 335 g/mol. The fourth-order valence-corrected chi connectivity index (χ4v) is 2.41.